The molecule has 0 atom stereocenters. The van der Waals surface area contributed by atoms with Crippen LogP contribution in [0.5, 0.6) is 0 Å². The molecule has 2 heterocycles. The van der Waals surface area contributed by atoms with E-state index < -0.39 is 10.0 Å². The van der Waals surface area contributed by atoms with Crippen LogP contribution in [0, 0.1) is 0 Å². The Bertz CT molecular complexity index is 438. The number of sulfonamides is 1. The third-order valence-electron chi connectivity index (χ3n) is 4.04. The first-order chi connectivity index (χ1) is 9.36. The molecule has 0 unspecified atom stereocenters. The highest BCUT2D eigenvalue weighted by Gasteiger charge is 2.27. The van der Waals surface area contributed by atoms with Gasteiger partial charge in [0.1, 0.15) is 0 Å². The standard InChI is InChI=1S/C12H24N4O3S/c1-14-7-9-15(10-8-14)12(17)13-11-3-5-16(6-4-11)20(2,18)19/h11H,3-10H2,1-2H3,(H,13,17). The molecule has 7 nitrogen and oxygen atoms in total. The normalized spacial score (nSPS) is 23.8. The van der Waals surface area contributed by atoms with Gasteiger partial charge in [-0.15, -0.1) is 0 Å². The minimum Gasteiger partial charge on any atom is -0.335 e. The summed E-state index contributed by atoms with van der Waals surface area (Å²) in [5, 5.41) is 3.02. The van der Waals surface area contributed by atoms with Crippen LogP contribution < -0.4 is 5.32 Å². The quantitative estimate of drug-likeness (QED) is 0.737. The van der Waals surface area contributed by atoms with Crippen LogP contribution in [0.4, 0.5) is 4.79 Å². The number of hydrogen-bond acceptors (Lipinski definition) is 4. The zero-order valence-electron chi connectivity index (χ0n) is 12.2. The Morgan fingerprint density at radius 2 is 1.60 bits per heavy atom. The summed E-state index contributed by atoms with van der Waals surface area (Å²) in [5.74, 6) is 0. The summed E-state index contributed by atoms with van der Waals surface area (Å²) >= 11 is 0. The van der Waals surface area contributed by atoms with Crippen molar-refractivity contribution in [1.29, 1.82) is 0 Å². The van der Waals surface area contributed by atoms with E-state index in [1.807, 2.05) is 4.90 Å². The average Bonchev–Trinajstić information content (AvgIpc) is 2.39. The van der Waals surface area contributed by atoms with Crippen molar-refractivity contribution in [2.45, 2.75) is 18.9 Å². The largest absolute Gasteiger partial charge is 0.335 e. The Morgan fingerprint density at radius 1 is 1.05 bits per heavy atom. The third kappa shape index (κ3) is 4.07. The molecule has 0 aromatic rings. The number of amides is 2. The van der Waals surface area contributed by atoms with Crippen molar-refractivity contribution in [2.75, 3.05) is 52.6 Å². The number of nitrogens with one attached hydrogen (secondary N) is 1. The summed E-state index contributed by atoms with van der Waals surface area (Å²) < 4.78 is 24.3. The van der Waals surface area contributed by atoms with E-state index in [4.69, 9.17) is 0 Å². The zero-order valence-corrected chi connectivity index (χ0v) is 13.0. The van der Waals surface area contributed by atoms with Gasteiger partial charge >= 0.3 is 6.03 Å². The fourth-order valence-corrected chi connectivity index (χ4v) is 3.48. The van der Waals surface area contributed by atoms with Crippen LogP contribution in [0.1, 0.15) is 12.8 Å². The first-order valence-electron chi connectivity index (χ1n) is 7.05. The first-order valence-corrected chi connectivity index (χ1v) is 8.90. The van der Waals surface area contributed by atoms with E-state index in [-0.39, 0.29) is 12.1 Å². The van der Waals surface area contributed by atoms with Crippen LogP contribution in [-0.4, -0.2) is 87.2 Å². The van der Waals surface area contributed by atoms with Gasteiger partial charge in [0.25, 0.3) is 0 Å². The molecule has 8 heteroatoms. The molecule has 0 aromatic heterocycles. The van der Waals surface area contributed by atoms with Crippen molar-refractivity contribution in [3.63, 3.8) is 0 Å². The molecule has 2 fully saturated rings. The highest BCUT2D eigenvalue weighted by atomic mass is 32.2. The molecule has 2 saturated heterocycles. The molecule has 116 valence electrons. The number of urea groups is 1. The van der Waals surface area contributed by atoms with Gasteiger partial charge in [-0.3, -0.25) is 0 Å². The number of nitrogens with zero attached hydrogens (tertiary/aromatic N) is 3. The second kappa shape index (κ2) is 6.28. The van der Waals surface area contributed by atoms with Crippen LogP contribution >= 0.6 is 0 Å². The Kier molecular flexibility index (Phi) is 4.87. The van der Waals surface area contributed by atoms with Gasteiger partial charge in [0.05, 0.1) is 6.26 Å². The molecule has 20 heavy (non-hydrogen) atoms. The fourth-order valence-electron chi connectivity index (χ4n) is 2.61. The summed E-state index contributed by atoms with van der Waals surface area (Å²) in [7, 11) is -1.05. The monoisotopic (exact) mass is 304 g/mol. The molecule has 0 aromatic carbocycles. The molecular formula is C12H24N4O3S. The molecule has 0 radical (unpaired) electrons. The number of rotatable bonds is 2. The minimum atomic E-state index is -3.10. The van der Waals surface area contributed by atoms with Crippen molar-refractivity contribution >= 4 is 16.1 Å². The molecule has 2 rings (SSSR count). The van der Waals surface area contributed by atoms with Crippen molar-refractivity contribution in [2.24, 2.45) is 0 Å². The van der Waals surface area contributed by atoms with Gasteiger partial charge < -0.3 is 15.1 Å². The molecule has 0 spiro atoms. The van der Waals surface area contributed by atoms with Crippen LogP contribution in [0.3, 0.4) is 0 Å². The van der Waals surface area contributed by atoms with Crippen LogP contribution in [0.15, 0.2) is 0 Å². The highest BCUT2D eigenvalue weighted by molar-refractivity contribution is 7.88. The molecule has 2 amide bonds. The van der Waals surface area contributed by atoms with Gasteiger partial charge in [0, 0.05) is 45.3 Å². The van der Waals surface area contributed by atoms with Crippen molar-refractivity contribution < 1.29 is 13.2 Å². The SMILES string of the molecule is CN1CCN(C(=O)NC2CCN(S(C)(=O)=O)CC2)CC1. The molecule has 2 aliphatic rings. The lowest BCUT2D eigenvalue weighted by atomic mass is 10.1. The molecular weight excluding hydrogens is 280 g/mol. The second-order valence-electron chi connectivity index (χ2n) is 5.68. The maximum Gasteiger partial charge on any atom is 0.317 e. The number of likely N-dealkylation sites (N-methyl/N-ethyl adjacent to an activating group) is 1. The third-order valence-corrected chi connectivity index (χ3v) is 5.34. The highest BCUT2D eigenvalue weighted by Crippen LogP contribution is 2.13. The Hall–Kier alpha value is -0.860. The maximum absolute atomic E-state index is 12.1. The van der Waals surface area contributed by atoms with Gasteiger partial charge in [0.2, 0.25) is 10.0 Å². The van der Waals surface area contributed by atoms with E-state index in [2.05, 4.69) is 17.3 Å². The fraction of sp³-hybridized carbons (Fsp3) is 0.917. The molecule has 1 N–H and O–H groups in total. The number of piperidine rings is 1. The van der Waals surface area contributed by atoms with Gasteiger partial charge in [0.15, 0.2) is 0 Å². The molecule has 0 saturated carbocycles. The lowest BCUT2D eigenvalue weighted by Crippen LogP contribution is -2.54. The summed E-state index contributed by atoms with van der Waals surface area (Å²) in [5.41, 5.74) is 0. The minimum absolute atomic E-state index is 0.0177. The van der Waals surface area contributed by atoms with E-state index in [1.165, 1.54) is 10.6 Å². The van der Waals surface area contributed by atoms with Gasteiger partial charge in [-0.2, -0.15) is 0 Å². The summed E-state index contributed by atoms with van der Waals surface area (Å²) in [6.45, 7) is 4.30. The van der Waals surface area contributed by atoms with E-state index >= 15 is 0 Å². The number of carbonyl (C=O) groups excluding carboxylic acids is 1. The Balaban J connectivity index is 1.76. The van der Waals surface area contributed by atoms with Crippen LogP contribution in [-0.2, 0) is 10.0 Å². The molecule has 0 bridgehead atoms. The van der Waals surface area contributed by atoms with Crippen LogP contribution in [0.2, 0.25) is 0 Å². The molecule has 0 aliphatic carbocycles. The number of carbonyl (C=O) groups is 1. The van der Waals surface area contributed by atoms with E-state index in [1.54, 1.807) is 0 Å². The Labute approximate surface area is 120 Å². The van der Waals surface area contributed by atoms with E-state index in [0.717, 1.165) is 26.2 Å². The lowest BCUT2D eigenvalue weighted by molar-refractivity contribution is 0.148. The summed E-state index contributed by atoms with van der Waals surface area (Å²) in [4.78, 5) is 16.2. The topological polar surface area (TPSA) is 73.0 Å². The van der Waals surface area contributed by atoms with Crippen molar-refractivity contribution in [3.05, 3.63) is 0 Å². The maximum atomic E-state index is 12.1. The van der Waals surface area contributed by atoms with Crippen LogP contribution in [0.25, 0.3) is 0 Å². The van der Waals surface area contributed by atoms with Gasteiger partial charge in [-0.05, 0) is 19.9 Å². The van der Waals surface area contributed by atoms with Gasteiger partial charge in [-0.1, -0.05) is 0 Å². The number of piperazine rings is 1. The second-order valence-corrected chi connectivity index (χ2v) is 7.66. The Morgan fingerprint density at radius 3 is 2.10 bits per heavy atom. The predicted molar refractivity (Wildman–Crippen MR) is 77.0 cm³/mol. The van der Waals surface area contributed by atoms with Crippen molar-refractivity contribution in [1.82, 2.24) is 19.4 Å². The van der Waals surface area contributed by atoms with Gasteiger partial charge in [-0.25, -0.2) is 17.5 Å². The predicted octanol–water partition coefficient (Wildman–Crippen LogP) is -0.633. The lowest BCUT2D eigenvalue weighted by Gasteiger charge is -2.35. The first kappa shape index (κ1) is 15.5. The number of hydrogen-bond donors (Lipinski definition) is 1. The van der Waals surface area contributed by atoms with Crippen molar-refractivity contribution in [3.8, 4) is 0 Å². The molecule has 2 aliphatic heterocycles. The zero-order chi connectivity index (χ0) is 14.8. The smallest absolute Gasteiger partial charge is 0.317 e. The summed E-state index contributed by atoms with van der Waals surface area (Å²) in [6.07, 6.45) is 2.61. The average molecular weight is 304 g/mol. The van der Waals surface area contributed by atoms with E-state index in [9.17, 15) is 13.2 Å². The summed E-state index contributed by atoms with van der Waals surface area (Å²) in [6, 6.07) is 0.0658. The van der Waals surface area contributed by atoms with E-state index in [0.29, 0.717) is 25.9 Å².